The van der Waals surface area contributed by atoms with Gasteiger partial charge in [0.2, 0.25) is 0 Å². The van der Waals surface area contributed by atoms with Crippen LogP contribution >= 0.6 is 0 Å². The first-order valence-electron chi connectivity index (χ1n) is 10.8. The van der Waals surface area contributed by atoms with Crippen LogP contribution in [0.15, 0.2) is 59.7 Å². The van der Waals surface area contributed by atoms with Crippen molar-refractivity contribution in [2.75, 3.05) is 0 Å². The van der Waals surface area contributed by atoms with Gasteiger partial charge in [0.1, 0.15) is 0 Å². The first kappa shape index (κ1) is 20.3. The number of carbonyl (C=O) groups excluding carboxylic acids is 1. The van der Waals surface area contributed by atoms with Gasteiger partial charge in [0, 0.05) is 11.3 Å². The highest BCUT2D eigenvalue weighted by atomic mass is 16.2. The number of nitrogens with zero attached hydrogens (tertiary/aromatic N) is 1. The fourth-order valence-corrected chi connectivity index (χ4v) is 3.77. The van der Waals surface area contributed by atoms with E-state index >= 15 is 0 Å². The summed E-state index contributed by atoms with van der Waals surface area (Å²) in [5.41, 5.74) is 6.86. The van der Waals surface area contributed by atoms with Crippen molar-refractivity contribution in [2.24, 2.45) is 5.10 Å². The van der Waals surface area contributed by atoms with Crippen LogP contribution in [0.3, 0.4) is 0 Å². The SMILES string of the molecule is O=C(NN=C1CCCCCCCCCCC1)c1ccc(-c2ccccc2)cc1. The van der Waals surface area contributed by atoms with E-state index in [1.54, 1.807) is 0 Å². The number of benzene rings is 2. The van der Waals surface area contributed by atoms with Crippen molar-refractivity contribution in [1.82, 2.24) is 5.43 Å². The molecule has 1 amide bonds. The Morgan fingerprint density at radius 2 is 1.14 bits per heavy atom. The molecule has 0 atom stereocenters. The lowest BCUT2D eigenvalue weighted by Crippen LogP contribution is -2.19. The van der Waals surface area contributed by atoms with Crippen LogP contribution in [0.25, 0.3) is 11.1 Å². The Kier molecular flexibility index (Phi) is 8.29. The average Bonchev–Trinajstić information content (AvgIpc) is 2.74. The highest BCUT2D eigenvalue weighted by Crippen LogP contribution is 2.19. The Labute approximate surface area is 169 Å². The second-order valence-electron chi connectivity index (χ2n) is 7.74. The number of hydrogen-bond donors (Lipinski definition) is 1. The van der Waals surface area contributed by atoms with E-state index in [2.05, 4.69) is 22.7 Å². The lowest BCUT2D eigenvalue weighted by molar-refractivity contribution is 0.0954. The molecule has 1 aliphatic carbocycles. The third kappa shape index (κ3) is 6.63. The molecule has 2 aromatic rings. The molecular weight excluding hydrogens is 344 g/mol. The number of rotatable bonds is 3. The lowest BCUT2D eigenvalue weighted by atomic mass is 10.00. The Hall–Kier alpha value is -2.42. The summed E-state index contributed by atoms with van der Waals surface area (Å²) in [5, 5.41) is 4.49. The first-order valence-corrected chi connectivity index (χ1v) is 10.8. The molecule has 3 heteroatoms. The van der Waals surface area contributed by atoms with Gasteiger partial charge in [0.15, 0.2) is 0 Å². The van der Waals surface area contributed by atoms with Crippen LogP contribution in [-0.4, -0.2) is 11.6 Å². The van der Waals surface area contributed by atoms with Crippen LogP contribution in [0.5, 0.6) is 0 Å². The molecule has 1 saturated carbocycles. The van der Waals surface area contributed by atoms with Crippen LogP contribution in [0.4, 0.5) is 0 Å². The maximum atomic E-state index is 12.5. The Bertz CT molecular complexity index is 736. The van der Waals surface area contributed by atoms with E-state index < -0.39 is 0 Å². The van der Waals surface area contributed by atoms with Gasteiger partial charge in [-0.2, -0.15) is 5.10 Å². The van der Waals surface area contributed by atoms with Crippen LogP contribution < -0.4 is 5.43 Å². The maximum Gasteiger partial charge on any atom is 0.271 e. The number of nitrogens with one attached hydrogen (secondary N) is 1. The summed E-state index contributed by atoms with van der Waals surface area (Å²) in [7, 11) is 0. The predicted octanol–water partition coefficient (Wildman–Crippen LogP) is 6.74. The van der Waals surface area contributed by atoms with Crippen molar-refractivity contribution in [2.45, 2.75) is 70.6 Å². The molecule has 0 unspecified atom stereocenters. The molecule has 1 fully saturated rings. The molecule has 0 aliphatic heterocycles. The molecule has 3 rings (SSSR count). The van der Waals surface area contributed by atoms with Crippen molar-refractivity contribution >= 4 is 11.6 Å². The summed E-state index contributed by atoms with van der Waals surface area (Å²) in [6.07, 6.45) is 13.7. The van der Waals surface area contributed by atoms with E-state index in [9.17, 15) is 4.79 Å². The summed E-state index contributed by atoms with van der Waals surface area (Å²) in [6.45, 7) is 0. The van der Waals surface area contributed by atoms with E-state index in [1.165, 1.54) is 57.8 Å². The highest BCUT2D eigenvalue weighted by molar-refractivity contribution is 5.95. The number of carbonyl (C=O) groups is 1. The van der Waals surface area contributed by atoms with Gasteiger partial charge in [-0.15, -0.1) is 0 Å². The smallest absolute Gasteiger partial charge is 0.267 e. The van der Waals surface area contributed by atoms with Crippen molar-refractivity contribution < 1.29 is 4.79 Å². The molecule has 0 spiro atoms. The van der Waals surface area contributed by atoms with Crippen molar-refractivity contribution in [1.29, 1.82) is 0 Å². The van der Waals surface area contributed by atoms with Crippen molar-refractivity contribution in [3.63, 3.8) is 0 Å². The standard InChI is InChI=1S/C25H32N2O/c28-25(23-19-17-22(18-20-23)21-13-9-8-10-14-21)27-26-24-15-11-6-4-2-1-3-5-7-12-16-24/h8-10,13-14,17-20H,1-7,11-12,15-16H2,(H,27,28). The van der Waals surface area contributed by atoms with E-state index in [-0.39, 0.29) is 5.91 Å². The quantitative estimate of drug-likeness (QED) is 0.592. The van der Waals surface area contributed by atoms with Gasteiger partial charge in [0.25, 0.3) is 5.91 Å². The monoisotopic (exact) mass is 376 g/mol. The topological polar surface area (TPSA) is 41.5 Å². The third-order valence-corrected chi connectivity index (χ3v) is 5.50. The summed E-state index contributed by atoms with van der Waals surface area (Å²) >= 11 is 0. The molecule has 0 aromatic heterocycles. The number of amides is 1. The maximum absolute atomic E-state index is 12.5. The second kappa shape index (κ2) is 11.4. The van der Waals surface area contributed by atoms with Gasteiger partial charge in [0.05, 0.1) is 0 Å². The third-order valence-electron chi connectivity index (χ3n) is 5.50. The first-order chi connectivity index (χ1) is 13.8. The molecule has 0 saturated heterocycles. The van der Waals surface area contributed by atoms with Gasteiger partial charge in [-0.1, -0.05) is 87.4 Å². The van der Waals surface area contributed by atoms with E-state index in [4.69, 9.17) is 0 Å². The minimum Gasteiger partial charge on any atom is -0.267 e. The van der Waals surface area contributed by atoms with Gasteiger partial charge >= 0.3 is 0 Å². The predicted molar refractivity (Wildman–Crippen MR) is 118 cm³/mol. The molecule has 0 heterocycles. The highest BCUT2D eigenvalue weighted by Gasteiger charge is 2.07. The summed E-state index contributed by atoms with van der Waals surface area (Å²) < 4.78 is 0. The molecule has 3 nitrogen and oxygen atoms in total. The zero-order valence-corrected chi connectivity index (χ0v) is 16.8. The normalized spacial score (nSPS) is 16.5. The Balaban J connectivity index is 1.57. The van der Waals surface area contributed by atoms with E-state index in [0.717, 1.165) is 29.7 Å². The molecule has 148 valence electrons. The number of hydrogen-bond acceptors (Lipinski definition) is 2. The average molecular weight is 377 g/mol. The van der Waals surface area contributed by atoms with Gasteiger partial charge < -0.3 is 0 Å². The molecule has 0 radical (unpaired) electrons. The molecule has 0 bridgehead atoms. The summed E-state index contributed by atoms with van der Waals surface area (Å²) in [5.74, 6) is -0.127. The Morgan fingerprint density at radius 3 is 1.71 bits per heavy atom. The van der Waals surface area contributed by atoms with Crippen LogP contribution in [-0.2, 0) is 0 Å². The van der Waals surface area contributed by atoms with Gasteiger partial charge in [-0.25, -0.2) is 5.43 Å². The van der Waals surface area contributed by atoms with E-state index in [1.807, 2.05) is 42.5 Å². The Morgan fingerprint density at radius 1 is 0.643 bits per heavy atom. The fourth-order valence-electron chi connectivity index (χ4n) is 3.77. The zero-order valence-electron chi connectivity index (χ0n) is 16.8. The largest absolute Gasteiger partial charge is 0.271 e. The van der Waals surface area contributed by atoms with Crippen molar-refractivity contribution in [3.05, 3.63) is 60.2 Å². The van der Waals surface area contributed by atoms with Crippen LogP contribution in [0, 0.1) is 0 Å². The second-order valence-corrected chi connectivity index (χ2v) is 7.74. The minimum absolute atomic E-state index is 0.127. The number of hydrazone groups is 1. The van der Waals surface area contributed by atoms with Crippen LogP contribution in [0.1, 0.15) is 81.0 Å². The molecular formula is C25H32N2O. The van der Waals surface area contributed by atoms with Crippen LogP contribution in [0.2, 0.25) is 0 Å². The van der Waals surface area contributed by atoms with Crippen molar-refractivity contribution in [3.8, 4) is 11.1 Å². The molecule has 1 aliphatic rings. The summed E-state index contributed by atoms with van der Waals surface area (Å²) in [6, 6.07) is 17.9. The van der Waals surface area contributed by atoms with Gasteiger partial charge in [-0.05, 0) is 48.9 Å². The lowest BCUT2D eigenvalue weighted by Gasteiger charge is -2.10. The minimum atomic E-state index is -0.127. The zero-order chi connectivity index (χ0) is 19.4. The fraction of sp³-hybridized carbons (Fsp3) is 0.440. The summed E-state index contributed by atoms with van der Waals surface area (Å²) in [4.78, 5) is 12.5. The van der Waals surface area contributed by atoms with Gasteiger partial charge in [-0.3, -0.25) is 4.79 Å². The van der Waals surface area contributed by atoms with E-state index in [0.29, 0.717) is 5.56 Å². The molecule has 1 N–H and O–H groups in total. The molecule has 2 aromatic carbocycles. The molecule has 28 heavy (non-hydrogen) atoms.